The van der Waals surface area contributed by atoms with Gasteiger partial charge in [0, 0.05) is 32.8 Å². The van der Waals surface area contributed by atoms with Crippen LogP contribution in [-0.4, -0.2) is 4.57 Å². The molecular weight excluding hydrogens is 486 g/mol. The van der Waals surface area contributed by atoms with E-state index in [1.54, 1.807) is 0 Å². The van der Waals surface area contributed by atoms with Crippen molar-refractivity contribution in [3.63, 3.8) is 0 Å². The zero-order valence-corrected chi connectivity index (χ0v) is 21.6. The van der Waals surface area contributed by atoms with Crippen LogP contribution in [0.4, 0.5) is 0 Å². The Morgan fingerprint density at radius 2 is 1.12 bits per heavy atom. The maximum atomic E-state index is 6.38. The van der Waals surface area contributed by atoms with Crippen LogP contribution in [0, 0.1) is 0 Å². The standard InChI is InChI=1S/C38H23NO/c1-2-9-25-21-28-22-29(18-16-26(28)20-24(25)8-1)39-35-14-5-3-10-31(35)34-23-27(17-19-36(34)39)30-12-7-13-33-32-11-4-6-15-37(32)40-38(30)33/h1-23H. The van der Waals surface area contributed by atoms with Crippen molar-refractivity contribution in [3.8, 4) is 16.8 Å². The zero-order chi connectivity index (χ0) is 26.2. The van der Waals surface area contributed by atoms with Crippen LogP contribution in [0.3, 0.4) is 0 Å². The molecule has 0 spiro atoms. The minimum absolute atomic E-state index is 0.923. The van der Waals surface area contributed by atoms with Crippen molar-refractivity contribution in [2.24, 2.45) is 0 Å². The maximum Gasteiger partial charge on any atom is 0.143 e. The quantitative estimate of drug-likeness (QED) is 0.212. The number of aromatic nitrogens is 1. The molecule has 0 radical (unpaired) electrons. The van der Waals surface area contributed by atoms with E-state index in [0.29, 0.717) is 0 Å². The first-order valence-electron chi connectivity index (χ1n) is 13.7. The van der Waals surface area contributed by atoms with Gasteiger partial charge in [-0.2, -0.15) is 0 Å². The maximum absolute atomic E-state index is 6.38. The van der Waals surface area contributed by atoms with Gasteiger partial charge in [0.15, 0.2) is 0 Å². The third-order valence-corrected chi connectivity index (χ3v) is 8.33. The summed E-state index contributed by atoms with van der Waals surface area (Å²) in [6, 6.07) is 50.2. The number of fused-ring (bicyclic) bond motifs is 8. The van der Waals surface area contributed by atoms with Gasteiger partial charge >= 0.3 is 0 Å². The lowest BCUT2D eigenvalue weighted by atomic mass is 10.0. The Morgan fingerprint density at radius 3 is 2.02 bits per heavy atom. The summed E-state index contributed by atoms with van der Waals surface area (Å²) in [6.45, 7) is 0. The first kappa shape index (κ1) is 21.6. The highest BCUT2D eigenvalue weighted by Gasteiger charge is 2.16. The summed E-state index contributed by atoms with van der Waals surface area (Å²) in [5.74, 6) is 0. The van der Waals surface area contributed by atoms with Gasteiger partial charge in [-0.3, -0.25) is 0 Å². The highest BCUT2D eigenvalue weighted by molar-refractivity contribution is 6.13. The molecule has 0 N–H and O–H groups in total. The monoisotopic (exact) mass is 509 g/mol. The van der Waals surface area contributed by atoms with E-state index in [1.807, 2.05) is 12.1 Å². The lowest BCUT2D eigenvalue weighted by Crippen LogP contribution is -1.94. The number of hydrogen-bond acceptors (Lipinski definition) is 1. The van der Waals surface area contributed by atoms with Crippen molar-refractivity contribution in [3.05, 3.63) is 140 Å². The molecule has 0 atom stereocenters. The fourth-order valence-corrected chi connectivity index (χ4v) is 6.46. The molecule has 2 nitrogen and oxygen atoms in total. The van der Waals surface area contributed by atoms with E-state index in [1.165, 1.54) is 49.0 Å². The van der Waals surface area contributed by atoms with Crippen LogP contribution in [0.2, 0.25) is 0 Å². The third kappa shape index (κ3) is 3.05. The smallest absolute Gasteiger partial charge is 0.143 e. The Morgan fingerprint density at radius 1 is 0.425 bits per heavy atom. The summed E-state index contributed by atoms with van der Waals surface area (Å²) in [5.41, 5.74) is 7.70. The van der Waals surface area contributed by atoms with E-state index in [0.717, 1.165) is 33.1 Å². The van der Waals surface area contributed by atoms with E-state index in [4.69, 9.17) is 4.42 Å². The molecule has 40 heavy (non-hydrogen) atoms. The summed E-state index contributed by atoms with van der Waals surface area (Å²) >= 11 is 0. The van der Waals surface area contributed by atoms with Gasteiger partial charge in [-0.25, -0.2) is 0 Å². The van der Waals surface area contributed by atoms with Crippen molar-refractivity contribution in [1.82, 2.24) is 4.57 Å². The molecule has 2 heteroatoms. The summed E-state index contributed by atoms with van der Waals surface area (Å²) < 4.78 is 8.77. The lowest BCUT2D eigenvalue weighted by molar-refractivity contribution is 0.670. The van der Waals surface area contributed by atoms with E-state index < -0.39 is 0 Å². The van der Waals surface area contributed by atoms with Crippen molar-refractivity contribution >= 4 is 65.3 Å². The van der Waals surface area contributed by atoms with Crippen LogP contribution in [0.5, 0.6) is 0 Å². The first-order chi connectivity index (χ1) is 19.8. The topological polar surface area (TPSA) is 18.1 Å². The Bertz CT molecular complexity index is 2440. The second-order valence-electron chi connectivity index (χ2n) is 10.6. The normalized spacial score (nSPS) is 12.0. The highest BCUT2D eigenvalue weighted by Crippen LogP contribution is 2.39. The van der Waals surface area contributed by atoms with Gasteiger partial charge in [0.05, 0.1) is 11.0 Å². The fraction of sp³-hybridized carbons (Fsp3) is 0. The zero-order valence-electron chi connectivity index (χ0n) is 21.6. The van der Waals surface area contributed by atoms with Crippen molar-refractivity contribution < 1.29 is 4.42 Å². The molecule has 0 aliphatic carbocycles. The number of benzene rings is 7. The summed E-state index contributed by atoms with van der Waals surface area (Å²) in [7, 11) is 0. The van der Waals surface area contributed by atoms with Crippen molar-refractivity contribution in [2.45, 2.75) is 0 Å². The van der Waals surface area contributed by atoms with Gasteiger partial charge in [0.2, 0.25) is 0 Å². The molecule has 0 aliphatic rings. The highest BCUT2D eigenvalue weighted by atomic mass is 16.3. The molecule has 0 amide bonds. The minimum atomic E-state index is 0.923. The Balaban J connectivity index is 1.28. The van der Waals surface area contributed by atoms with Crippen molar-refractivity contribution in [1.29, 1.82) is 0 Å². The number of nitrogens with zero attached hydrogens (tertiary/aromatic N) is 1. The summed E-state index contributed by atoms with van der Waals surface area (Å²) in [6.07, 6.45) is 0. The number of furan rings is 1. The molecular formula is C38H23NO. The molecule has 0 unspecified atom stereocenters. The predicted octanol–water partition coefficient (Wildman–Crippen LogP) is 10.7. The van der Waals surface area contributed by atoms with Crippen LogP contribution >= 0.6 is 0 Å². The molecule has 0 fully saturated rings. The van der Waals surface area contributed by atoms with Gasteiger partial charge in [0.1, 0.15) is 11.2 Å². The third-order valence-electron chi connectivity index (χ3n) is 8.33. The average molecular weight is 510 g/mol. The summed E-state index contributed by atoms with van der Waals surface area (Å²) in [5, 5.41) is 9.82. The molecule has 2 aromatic heterocycles. The van der Waals surface area contributed by atoms with Crippen LogP contribution in [0.1, 0.15) is 0 Å². The van der Waals surface area contributed by atoms with Gasteiger partial charge in [-0.15, -0.1) is 0 Å². The van der Waals surface area contributed by atoms with Crippen LogP contribution in [-0.2, 0) is 0 Å². The van der Waals surface area contributed by atoms with Crippen molar-refractivity contribution in [2.75, 3.05) is 0 Å². The van der Waals surface area contributed by atoms with Crippen LogP contribution in [0.25, 0.3) is 82.1 Å². The van der Waals surface area contributed by atoms with Crippen LogP contribution < -0.4 is 0 Å². The first-order valence-corrected chi connectivity index (χ1v) is 13.7. The fourth-order valence-electron chi connectivity index (χ4n) is 6.46. The molecule has 9 aromatic rings. The predicted molar refractivity (Wildman–Crippen MR) is 169 cm³/mol. The molecule has 7 aromatic carbocycles. The van der Waals surface area contributed by atoms with Crippen LogP contribution in [0.15, 0.2) is 144 Å². The minimum Gasteiger partial charge on any atom is -0.455 e. The van der Waals surface area contributed by atoms with E-state index >= 15 is 0 Å². The van der Waals surface area contributed by atoms with E-state index in [-0.39, 0.29) is 0 Å². The van der Waals surface area contributed by atoms with Gasteiger partial charge in [-0.1, -0.05) is 91.0 Å². The Hall–Kier alpha value is -5.34. The van der Waals surface area contributed by atoms with Gasteiger partial charge in [0.25, 0.3) is 0 Å². The van der Waals surface area contributed by atoms with E-state index in [9.17, 15) is 0 Å². The average Bonchev–Trinajstić information content (AvgIpc) is 3.55. The SMILES string of the molecule is c1ccc2cc3cc(-n4c5ccccc5c5cc(-c6cccc7c6oc6ccccc67)ccc54)ccc3cc2c1. The Kier molecular flexibility index (Phi) is 4.36. The molecule has 2 heterocycles. The molecule has 0 saturated heterocycles. The molecule has 0 saturated carbocycles. The number of rotatable bonds is 2. The molecule has 0 bridgehead atoms. The van der Waals surface area contributed by atoms with E-state index in [2.05, 4.69) is 132 Å². The Labute approximate surface area is 230 Å². The lowest BCUT2D eigenvalue weighted by Gasteiger charge is -2.11. The number of hydrogen-bond donors (Lipinski definition) is 0. The van der Waals surface area contributed by atoms with Gasteiger partial charge in [-0.05, 0) is 75.6 Å². The second-order valence-corrected chi connectivity index (χ2v) is 10.6. The molecule has 186 valence electrons. The molecule has 0 aliphatic heterocycles. The largest absolute Gasteiger partial charge is 0.455 e. The molecule has 9 rings (SSSR count). The van der Waals surface area contributed by atoms with Gasteiger partial charge < -0.3 is 8.98 Å². The number of para-hydroxylation sites is 3. The summed E-state index contributed by atoms with van der Waals surface area (Å²) in [4.78, 5) is 0. The second kappa shape index (κ2) is 8.08.